The van der Waals surface area contributed by atoms with Gasteiger partial charge in [-0.3, -0.25) is 4.79 Å². The van der Waals surface area contributed by atoms with Gasteiger partial charge in [-0.1, -0.05) is 17.7 Å². The van der Waals surface area contributed by atoms with Crippen molar-refractivity contribution in [2.75, 3.05) is 38.6 Å². The highest BCUT2D eigenvalue weighted by atomic mass is 35.5. The minimum Gasteiger partial charge on any atom is -0.497 e. The van der Waals surface area contributed by atoms with Gasteiger partial charge in [0.1, 0.15) is 11.6 Å². The van der Waals surface area contributed by atoms with E-state index in [1.807, 2.05) is 0 Å². The summed E-state index contributed by atoms with van der Waals surface area (Å²) < 4.78 is 19.0. The predicted octanol–water partition coefficient (Wildman–Crippen LogP) is 3.48. The molecule has 0 bridgehead atoms. The Kier molecular flexibility index (Phi) is 5.81. The average molecular weight is 392 g/mol. The number of benzene rings is 2. The van der Waals surface area contributed by atoms with Crippen molar-refractivity contribution in [2.45, 2.75) is 0 Å². The Morgan fingerprint density at radius 3 is 2.44 bits per heavy atom. The fourth-order valence-corrected chi connectivity index (χ4v) is 3.00. The van der Waals surface area contributed by atoms with Gasteiger partial charge in [0.15, 0.2) is 0 Å². The van der Waals surface area contributed by atoms with E-state index in [-0.39, 0.29) is 16.6 Å². The predicted molar refractivity (Wildman–Crippen MR) is 101 cm³/mol. The normalized spacial score (nSPS) is 14.0. The number of halogens is 2. The zero-order valence-corrected chi connectivity index (χ0v) is 15.5. The van der Waals surface area contributed by atoms with Crippen LogP contribution in [0.1, 0.15) is 10.4 Å². The molecule has 142 valence electrons. The fourth-order valence-electron chi connectivity index (χ4n) is 2.84. The molecule has 2 aromatic rings. The van der Waals surface area contributed by atoms with Crippen molar-refractivity contribution in [3.05, 3.63) is 58.9 Å². The maximum Gasteiger partial charge on any atom is 0.322 e. The molecular formula is C19H19ClFN3O3. The van der Waals surface area contributed by atoms with Gasteiger partial charge < -0.3 is 19.9 Å². The molecule has 6 nitrogen and oxygen atoms in total. The van der Waals surface area contributed by atoms with Crippen molar-refractivity contribution in [1.29, 1.82) is 0 Å². The van der Waals surface area contributed by atoms with Gasteiger partial charge in [0.25, 0.3) is 5.91 Å². The van der Waals surface area contributed by atoms with Crippen LogP contribution >= 0.6 is 11.6 Å². The minimum absolute atomic E-state index is 0.0688. The molecule has 1 fully saturated rings. The molecule has 0 saturated carbocycles. The van der Waals surface area contributed by atoms with Crippen LogP contribution in [0.4, 0.5) is 14.9 Å². The molecule has 8 heteroatoms. The van der Waals surface area contributed by atoms with Gasteiger partial charge in [-0.2, -0.15) is 0 Å². The molecule has 0 unspecified atom stereocenters. The molecule has 0 spiro atoms. The molecule has 0 aromatic heterocycles. The Morgan fingerprint density at radius 1 is 1.07 bits per heavy atom. The molecule has 1 heterocycles. The lowest BCUT2D eigenvalue weighted by molar-refractivity contribution is 0.0671. The van der Waals surface area contributed by atoms with Crippen LogP contribution in [0.15, 0.2) is 42.5 Å². The van der Waals surface area contributed by atoms with E-state index >= 15 is 0 Å². The number of nitrogens with one attached hydrogen (secondary N) is 1. The van der Waals surface area contributed by atoms with Gasteiger partial charge >= 0.3 is 6.03 Å². The second-order valence-electron chi connectivity index (χ2n) is 6.07. The number of methoxy groups -OCH3 is 1. The largest absolute Gasteiger partial charge is 0.497 e. The molecule has 1 saturated heterocycles. The fraction of sp³-hybridized carbons (Fsp3) is 0.263. The molecule has 3 amide bonds. The lowest BCUT2D eigenvalue weighted by Crippen LogP contribution is -2.51. The molecule has 1 aliphatic rings. The first kappa shape index (κ1) is 19.0. The first-order valence-electron chi connectivity index (χ1n) is 8.42. The molecular weight excluding hydrogens is 373 g/mol. The summed E-state index contributed by atoms with van der Waals surface area (Å²) in [6, 6.07) is 10.6. The second kappa shape index (κ2) is 8.26. The maximum absolute atomic E-state index is 13.8. The van der Waals surface area contributed by atoms with E-state index in [2.05, 4.69) is 5.32 Å². The summed E-state index contributed by atoms with van der Waals surface area (Å²) in [6.07, 6.45) is 0. The van der Waals surface area contributed by atoms with Crippen LogP contribution in [0, 0.1) is 5.82 Å². The van der Waals surface area contributed by atoms with E-state index in [4.69, 9.17) is 16.3 Å². The molecule has 27 heavy (non-hydrogen) atoms. The average Bonchev–Trinajstić information content (AvgIpc) is 2.69. The van der Waals surface area contributed by atoms with Gasteiger partial charge in [-0.15, -0.1) is 0 Å². The summed E-state index contributed by atoms with van der Waals surface area (Å²) in [4.78, 5) is 28.2. The van der Waals surface area contributed by atoms with Crippen molar-refractivity contribution < 1.29 is 18.7 Å². The number of carbonyl (C=O) groups excluding carboxylic acids is 2. The van der Waals surface area contributed by atoms with E-state index in [0.29, 0.717) is 37.5 Å². The third kappa shape index (κ3) is 4.49. The van der Waals surface area contributed by atoms with Gasteiger partial charge in [0.05, 0.1) is 12.8 Å². The van der Waals surface area contributed by atoms with Crippen LogP contribution in [0.25, 0.3) is 0 Å². The summed E-state index contributed by atoms with van der Waals surface area (Å²) in [5, 5.41) is 2.79. The molecule has 0 atom stereocenters. The lowest BCUT2D eigenvalue weighted by Gasteiger charge is -2.34. The molecule has 0 radical (unpaired) electrons. The number of ether oxygens (including phenoxy) is 1. The van der Waals surface area contributed by atoms with Crippen LogP contribution in [-0.4, -0.2) is 55.0 Å². The zero-order valence-electron chi connectivity index (χ0n) is 14.7. The van der Waals surface area contributed by atoms with Crippen LogP contribution in [-0.2, 0) is 0 Å². The first-order chi connectivity index (χ1) is 13.0. The number of nitrogens with zero attached hydrogens (tertiary/aromatic N) is 2. The number of anilines is 1. The number of hydrogen-bond acceptors (Lipinski definition) is 3. The number of urea groups is 1. The van der Waals surface area contributed by atoms with E-state index in [9.17, 15) is 14.0 Å². The Bertz CT molecular complexity index is 854. The highest BCUT2D eigenvalue weighted by Gasteiger charge is 2.25. The number of carbonyl (C=O) groups is 2. The highest BCUT2D eigenvalue weighted by Crippen LogP contribution is 2.20. The van der Waals surface area contributed by atoms with Crippen LogP contribution < -0.4 is 10.1 Å². The summed E-state index contributed by atoms with van der Waals surface area (Å²) in [5.74, 6) is -0.0933. The van der Waals surface area contributed by atoms with Crippen molar-refractivity contribution in [1.82, 2.24) is 9.80 Å². The Hall–Kier alpha value is -2.80. The minimum atomic E-state index is -0.595. The zero-order chi connectivity index (χ0) is 19.4. The highest BCUT2D eigenvalue weighted by molar-refractivity contribution is 6.30. The van der Waals surface area contributed by atoms with E-state index in [1.54, 1.807) is 41.2 Å². The summed E-state index contributed by atoms with van der Waals surface area (Å²) >= 11 is 5.71. The standard InChI is InChI=1S/C19H19ClFN3O3/c1-27-15-4-2-3-13(11-15)18(25)23-7-9-24(10-8-23)19(26)22-17-6-5-14(20)12-16(17)21/h2-6,11-12H,7-10H2,1H3,(H,22,26). The Morgan fingerprint density at radius 2 is 1.78 bits per heavy atom. The van der Waals surface area contributed by atoms with Crippen LogP contribution in [0.3, 0.4) is 0 Å². The number of piperazine rings is 1. The van der Waals surface area contributed by atoms with Crippen LogP contribution in [0.2, 0.25) is 5.02 Å². The molecule has 0 aliphatic carbocycles. The lowest BCUT2D eigenvalue weighted by atomic mass is 10.1. The quantitative estimate of drug-likeness (QED) is 0.871. The van der Waals surface area contributed by atoms with Gasteiger partial charge in [0.2, 0.25) is 0 Å². The summed E-state index contributed by atoms with van der Waals surface area (Å²) in [7, 11) is 1.55. The molecule has 1 N–H and O–H groups in total. The third-order valence-corrected chi connectivity index (χ3v) is 4.58. The molecule has 2 aromatic carbocycles. The van der Waals surface area contributed by atoms with E-state index in [0.717, 1.165) is 6.07 Å². The van der Waals surface area contributed by atoms with Crippen molar-refractivity contribution in [2.24, 2.45) is 0 Å². The summed E-state index contributed by atoms with van der Waals surface area (Å²) in [6.45, 7) is 1.51. The first-order valence-corrected chi connectivity index (χ1v) is 8.80. The van der Waals surface area contributed by atoms with Gasteiger partial charge in [-0.05, 0) is 36.4 Å². The SMILES string of the molecule is COc1cccc(C(=O)N2CCN(C(=O)Nc3ccc(Cl)cc3F)CC2)c1. The summed E-state index contributed by atoms with van der Waals surface area (Å²) in [5.41, 5.74) is 0.606. The number of rotatable bonds is 3. The van der Waals surface area contributed by atoms with Gasteiger partial charge in [-0.25, -0.2) is 9.18 Å². The Labute approximate surface area is 161 Å². The number of amides is 3. The molecule has 3 rings (SSSR count). The van der Waals surface area contributed by atoms with Crippen molar-refractivity contribution in [3.63, 3.8) is 0 Å². The number of hydrogen-bond donors (Lipinski definition) is 1. The van der Waals surface area contributed by atoms with Crippen LogP contribution in [0.5, 0.6) is 5.75 Å². The topological polar surface area (TPSA) is 61.9 Å². The monoisotopic (exact) mass is 391 g/mol. The second-order valence-corrected chi connectivity index (χ2v) is 6.50. The van der Waals surface area contributed by atoms with Gasteiger partial charge in [0, 0.05) is 36.8 Å². The Balaban J connectivity index is 1.57. The van der Waals surface area contributed by atoms with Crippen molar-refractivity contribution >= 4 is 29.2 Å². The van der Waals surface area contributed by atoms with E-state index in [1.165, 1.54) is 12.1 Å². The van der Waals surface area contributed by atoms with E-state index < -0.39 is 11.8 Å². The smallest absolute Gasteiger partial charge is 0.322 e. The maximum atomic E-state index is 13.8. The third-order valence-electron chi connectivity index (χ3n) is 4.34. The molecule has 1 aliphatic heterocycles. The van der Waals surface area contributed by atoms with Crippen molar-refractivity contribution in [3.8, 4) is 5.75 Å².